The highest BCUT2D eigenvalue weighted by atomic mass is 16.3. The normalized spacial score (nSPS) is 25.2. The Morgan fingerprint density at radius 1 is 0.541 bits per heavy atom. The van der Waals surface area contributed by atoms with Crippen LogP contribution < -0.4 is 0 Å². The van der Waals surface area contributed by atoms with Crippen molar-refractivity contribution in [3.63, 3.8) is 0 Å². The average Bonchev–Trinajstić information content (AvgIpc) is 2.89. The Kier molecular flexibility index (Phi) is 6.74. The molecule has 2 N–H and O–H groups in total. The van der Waals surface area contributed by atoms with Crippen molar-refractivity contribution in [1.82, 2.24) is 0 Å². The highest BCUT2D eigenvalue weighted by molar-refractivity contribution is 6.11. The van der Waals surface area contributed by atoms with Crippen LogP contribution >= 0.6 is 0 Å². The first-order valence-corrected chi connectivity index (χ1v) is 12.6. The lowest BCUT2D eigenvalue weighted by molar-refractivity contribution is -0.142. The minimum atomic E-state index is -1.17. The average molecular weight is 497 g/mol. The van der Waals surface area contributed by atoms with E-state index in [1.54, 1.807) is 0 Å². The van der Waals surface area contributed by atoms with E-state index in [0.717, 1.165) is 11.1 Å². The molecule has 0 radical (unpaired) electrons. The van der Waals surface area contributed by atoms with Gasteiger partial charge in [-0.15, -0.1) is 0 Å². The van der Waals surface area contributed by atoms with Crippen LogP contribution in [0.1, 0.15) is 60.1 Å². The number of Topliss-reactive ketones (excluding diaryl/α,β-unsaturated/α-hetero) is 4. The summed E-state index contributed by atoms with van der Waals surface area (Å²) in [5, 5.41) is 20.1. The van der Waals surface area contributed by atoms with E-state index in [-0.39, 0.29) is 66.4 Å². The molecular formula is C31H28O6. The Morgan fingerprint density at radius 3 is 1.32 bits per heavy atom. The Bertz CT molecular complexity index is 1230. The largest absolute Gasteiger partial charge is 0.504 e. The van der Waals surface area contributed by atoms with Crippen LogP contribution in [-0.2, 0) is 19.2 Å². The van der Waals surface area contributed by atoms with Crippen molar-refractivity contribution in [2.45, 2.75) is 43.4 Å². The number of phenols is 2. The van der Waals surface area contributed by atoms with Crippen molar-refractivity contribution in [2.75, 3.05) is 0 Å². The lowest BCUT2D eigenvalue weighted by atomic mass is 9.62. The van der Waals surface area contributed by atoms with Crippen molar-refractivity contribution in [1.29, 1.82) is 0 Å². The highest BCUT2D eigenvalue weighted by Crippen LogP contribution is 2.46. The summed E-state index contributed by atoms with van der Waals surface area (Å²) in [7, 11) is 0. The fourth-order valence-corrected chi connectivity index (χ4v) is 6.03. The summed E-state index contributed by atoms with van der Waals surface area (Å²) in [6.45, 7) is 0. The maximum Gasteiger partial charge on any atom is 0.157 e. The maximum atomic E-state index is 13.5. The molecule has 2 aliphatic rings. The number of hydrogen-bond donors (Lipinski definition) is 2. The van der Waals surface area contributed by atoms with Crippen LogP contribution in [0.15, 0.2) is 78.9 Å². The van der Waals surface area contributed by atoms with Gasteiger partial charge in [0.2, 0.25) is 0 Å². The monoisotopic (exact) mass is 496 g/mol. The lowest BCUT2D eigenvalue weighted by Gasteiger charge is -2.38. The molecule has 2 aliphatic carbocycles. The smallest absolute Gasteiger partial charge is 0.157 e. The molecule has 0 aliphatic heterocycles. The number of aromatic hydroxyl groups is 2. The van der Waals surface area contributed by atoms with E-state index in [2.05, 4.69) is 0 Å². The third-order valence-corrected chi connectivity index (χ3v) is 7.82. The second-order valence-electron chi connectivity index (χ2n) is 10.1. The number of phenolic OH excluding ortho intramolecular Hbond substituents is 2. The molecule has 6 heteroatoms. The Hall–Kier alpha value is -4.06. The first-order valence-electron chi connectivity index (χ1n) is 12.6. The first-order chi connectivity index (χ1) is 17.8. The van der Waals surface area contributed by atoms with Gasteiger partial charge < -0.3 is 10.2 Å². The molecule has 5 rings (SSSR count). The van der Waals surface area contributed by atoms with Crippen LogP contribution in [0.4, 0.5) is 0 Å². The molecule has 2 fully saturated rings. The summed E-state index contributed by atoms with van der Waals surface area (Å²) in [5.41, 5.74) is 2.12. The minimum absolute atomic E-state index is 0.128. The van der Waals surface area contributed by atoms with Gasteiger partial charge in [-0.1, -0.05) is 66.7 Å². The van der Waals surface area contributed by atoms with E-state index < -0.39 is 23.5 Å². The standard InChI is InChI=1S/C31H28O6/c32-23-12-11-20(13-24(23)33)29(30-25(34)14-21(15-26(30)35)18-7-3-1-4-8-18)31-27(36)16-22(17-28(31)37)19-9-5-2-6-10-19/h1-13,21-22,29-33H,14-17H2. The van der Waals surface area contributed by atoms with Crippen LogP contribution in [0, 0.1) is 11.8 Å². The first kappa shape index (κ1) is 24.6. The highest BCUT2D eigenvalue weighted by Gasteiger charge is 2.50. The Balaban J connectivity index is 1.50. The summed E-state index contributed by atoms with van der Waals surface area (Å²) in [4.78, 5) is 54.2. The Morgan fingerprint density at radius 2 is 0.946 bits per heavy atom. The quantitative estimate of drug-likeness (QED) is 0.386. The zero-order valence-corrected chi connectivity index (χ0v) is 20.2. The predicted molar refractivity (Wildman–Crippen MR) is 136 cm³/mol. The van der Waals surface area contributed by atoms with Gasteiger partial charge in [0, 0.05) is 31.6 Å². The topological polar surface area (TPSA) is 109 Å². The van der Waals surface area contributed by atoms with Gasteiger partial charge in [-0.05, 0) is 40.7 Å². The van der Waals surface area contributed by atoms with Crippen LogP contribution in [0.25, 0.3) is 0 Å². The molecule has 0 unspecified atom stereocenters. The van der Waals surface area contributed by atoms with Crippen LogP contribution in [0.5, 0.6) is 11.5 Å². The van der Waals surface area contributed by atoms with E-state index in [1.807, 2.05) is 60.7 Å². The molecule has 0 spiro atoms. The zero-order chi connectivity index (χ0) is 26.1. The molecular weight excluding hydrogens is 468 g/mol. The van der Waals surface area contributed by atoms with Crippen LogP contribution in [-0.4, -0.2) is 33.3 Å². The van der Waals surface area contributed by atoms with Gasteiger partial charge in [0.1, 0.15) is 23.1 Å². The number of carbonyl (C=O) groups is 4. The third-order valence-electron chi connectivity index (χ3n) is 7.82. The molecule has 188 valence electrons. The predicted octanol–water partition coefficient (Wildman–Crippen LogP) is 4.85. The lowest BCUT2D eigenvalue weighted by Crippen LogP contribution is -2.45. The summed E-state index contributed by atoms with van der Waals surface area (Å²) in [6, 6.07) is 22.7. The van der Waals surface area contributed by atoms with Gasteiger partial charge >= 0.3 is 0 Å². The van der Waals surface area contributed by atoms with Gasteiger partial charge in [0.05, 0.1) is 11.8 Å². The van der Waals surface area contributed by atoms with Gasteiger partial charge in [-0.3, -0.25) is 19.2 Å². The summed E-state index contributed by atoms with van der Waals surface area (Å²) >= 11 is 0. The molecule has 0 amide bonds. The van der Waals surface area contributed by atoms with Crippen LogP contribution in [0.3, 0.4) is 0 Å². The SMILES string of the molecule is O=C1CC(c2ccccc2)CC(=O)C1C(c1ccc(O)c(O)c1)C1C(=O)CC(c2ccccc2)CC1=O. The molecule has 0 saturated heterocycles. The molecule has 6 nitrogen and oxygen atoms in total. The van der Waals surface area contributed by atoms with E-state index >= 15 is 0 Å². The Labute approximate surface area is 215 Å². The molecule has 0 aromatic heterocycles. The van der Waals surface area contributed by atoms with E-state index in [4.69, 9.17) is 0 Å². The molecule has 0 bridgehead atoms. The summed E-state index contributed by atoms with van der Waals surface area (Å²) in [6.07, 6.45) is 0.511. The van der Waals surface area contributed by atoms with Crippen molar-refractivity contribution in [2.24, 2.45) is 11.8 Å². The number of ketones is 4. The fourth-order valence-electron chi connectivity index (χ4n) is 6.03. The molecule has 37 heavy (non-hydrogen) atoms. The van der Waals surface area contributed by atoms with Gasteiger partial charge in [-0.25, -0.2) is 0 Å². The number of benzene rings is 3. The number of rotatable bonds is 5. The van der Waals surface area contributed by atoms with Crippen molar-refractivity contribution < 1.29 is 29.4 Å². The molecule has 2 saturated carbocycles. The summed E-state index contributed by atoms with van der Waals surface area (Å²) < 4.78 is 0. The van der Waals surface area contributed by atoms with E-state index in [9.17, 15) is 29.4 Å². The van der Waals surface area contributed by atoms with Crippen molar-refractivity contribution in [3.05, 3.63) is 95.6 Å². The fraction of sp³-hybridized carbons (Fsp3) is 0.290. The van der Waals surface area contributed by atoms with E-state index in [1.165, 1.54) is 18.2 Å². The zero-order valence-electron chi connectivity index (χ0n) is 20.2. The molecule has 0 heterocycles. The third kappa shape index (κ3) is 4.84. The minimum Gasteiger partial charge on any atom is -0.504 e. The maximum absolute atomic E-state index is 13.5. The molecule has 0 atom stereocenters. The van der Waals surface area contributed by atoms with E-state index in [0.29, 0.717) is 5.56 Å². The molecule has 3 aromatic rings. The van der Waals surface area contributed by atoms with Crippen molar-refractivity contribution >= 4 is 23.1 Å². The second kappa shape index (κ2) is 10.1. The van der Waals surface area contributed by atoms with Crippen molar-refractivity contribution in [3.8, 4) is 11.5 Å². The molecule has 3 aromatic carbocycles. The number of hydrogen-bond acceptors (Lipinski definition) is 6. The van der Waals surface area contributed by atoms with Gasteiger partial charge in [-0.2, -0.15) is 0 Å². The second-order valence-corrected chi connectivity index (χ2v) is 10.1. The van der Waals surface area contributed by atoms with Gasteiger partial charge in [0.15, 0.2) is 11.5 Å². The van der Waals surface area contributed by atoms with Crippen LogP contribution in [0.2, 0.25) is 0 Å². The summed E-state index contributed by atoms with van der Waals surface area (Å²) in [5.74, 6) is -5.93. The van der Waals surface area contributed by atoms with Gasteiger partial charge in [0.25, 0.3) is 0 Å². The number of carbonyl (C=O) groups excluding carboxylic acids is 4.